The van der Waals surface area contributed by atoms with Crippen molar-refractivity contribution in [3.8, 4) is 5.75 Å². The maximum absolute atomic E-state index is 12.3. The molecule has 0 saturated carbocycles. The van der Waals surface area contributed by atoms with Crippen LogP contribution in [0.25, 0.3) is 0 Å². The fraction of sp³-hybridized carbons (Fsp3) is 0.350. The number of hydrogen-bond acceptors (Lipinski definition) is 4. The van der Waals surface area contributed by atoms with E-state index >= 15 is 0 Å². The third kappa shape index (κ3) is 6.29. The van der Waals surface area contributed by atoms with E-state index in [1.54, 1.807) is 36.4 Å². The molecule has 0 aliphatic carbocycles. The number of nitrogens with one attached hydrogen (secondary N) is 1. The monoisotopic (exact) mass is 390 g/mol. The molecule has 146 valence electrons. The SMILES string of the molecule is CCOc1ccc(NC(=O)CCN(c2cc(C)cc(C)c2)S(C)(=O)=O)cc1. The first-order valence-corrected chi connectivity index (χ1v) is 10.6. The molecule has 27 heavy (non-hydrogen) atoms. The molecule has 0 saturated heterocycles. The number of rotatable bonds is 8. The summed E-state index contributed by atoms with van der Waals surface area (Å²) in [5.74, 6) is 0.478. The molecule has 7 heteroatoms. The highest BCUT2D eigenvalue weighted by molar-refractivity contribution is 7.92. The van der Waals surface area contributed by atoms with Gasteiger partial charge in [-0.1, -0.05) is 6.07 Å². The van der Waals surface area contributed by atoms with Crippen molar-refractivity contribution in [1.82, 2.24) is 0 Å². The zero-order chi connectivity index (χ0) is 20.0. The van der Waals surface area contributed by atoms with Crippen LogP contribution in [-0.4, -0.2) is 33.7 Å². The van der Waals surface area contributed by atoms with Crippen LogP contribution in [0, 0.1) is 13.8 Å². The summed E-state index contributed by atoms with van der Waals surface area (Å²) in [5.41, 5.74) is 3.15. The Labute approximate surface area is 161 Å². The van der Waals surface area contributed by atoms with Crippen LogP contribution >= 0.6 is 0 Å². The quantitative estimate of drug-likeness (QED) is 0.749. The van der Waals surface area contributed by atoms with E-state index in [9.17, 15) is 13.2 Å². The molecular formula is C20H26N2O4S. The van der Waals surface area contributed by atoms with Gasteiger partial charge in [0.2, 0.25) is 15.9 Å². The molecule has 2 aromatic rings. The number of anilines is 2. The maximum atomic E-state index is 12.3. The van der Waals surface area contributed by atoms with Crippen molar-refractivity contribution in [2.24, 2.45) is 0 Å². The van der Waals surface area contributed by atoms with Gasteiger partial charge in [0, 0.05) is 18.7 Å². The molecule has 0 fully saturated rings. The minimum atomic E-state index is -3.50. The Bertz CT molecular complexity index is 872. The number of ether oxygens (including phenoxy) is 1. The van der Waals surface area contributed by atoms with Crippen molar-refractivity contribution in [3.63, 3.8) is 0 Å². The van der Waals surface area contributed by atoms with Crippen LogP contribution in [0.5, 0.6) is 5.75 Å². The fourth-order valence-corrected chi connectivity index (χ4v) is 3.72. The molecule has 2 rings (SSSR count). The van der Waals surface area contributed by atoms with Crippen molar-refractivity contribution < 1.29 is 17.9 Å². The molecule has 1 amide bonds. The lowest BCUT2D eigenvalue weighted by Crippen LogP contribution is -2.33. The molecule has 2 aromatic carbocycles. The van der Waals surface area contributed by atoms with E-state index in [-0.39, 0.29) is 18.9 Å². The van der Waals surface area contributed by atoms with Gasteiger partial charge in [-0.3, -0.25) is 9.10 Å². The summed E-state index contributed by atoms with van der Waals surface area (Å²) >= 11 is 0. The van der Waals surface area contributed by atoms with Gasteiger partial charge in [0.1, 0.15) is 5.75 Å². The minimum absolute atomic E-state index is 0.0489. The van der Waals surface area contributed by atoms with Crippen LogP contribution in [0.2, 0.25) is 0 Å². The molecule has 0 spiro atoms. The van der Waals surface area contributed by atoms with Gasteiger partial charge in [-0.15, -0.1) is 0 Å². The molecule has 0 atom stereocenters. The van der Waals surface area contributed by atoms with Gasteiger partial charge in [-0.25, -0.2) is 8.42 Å². The molecular weight excluding hydrogens is 364 g/mol. The van der Waals surface area contributed by atoms with Crippen molar-refractivity contribution in [1.29, 1.82) is 0 Å². The van der Waals surface area contributed by atoms with Gasteiger partial charge in [-0.2, -0.15) is 0 Å². The van der Waals surface area contributed by atoms with Crippen LogP contribution in [0.15, 0.2) is 42.5 Å². The Kier molecular flexibility index (Phi) is 6.85. The molecule has 6 nitrogen and oxygen atoms in total. The van der Waals surface area contributed by atoms with Gasteiger partial charge in [0.05, 0.1) is 18.6 Å². The first kappa shape index (κ1) is 20.8. The Balaban J connectivity index is 2.05. The van der Waals surface area contributed by atoms with E-state index in [0.29, 0.717) is 18.0 Å². The lowest BCUT2D eigenvalue weighted by molar-refractivity contribution is -0.116. The van der Waals surface area contributed by atoms with E-state index in [1.807, 2.05) is 26.8 Å². The largest absolute Gasteiger partial charge is 0.494 e. The second-order valence-corrected chi connectivity index (χ2v) is 8.34. The molecule has 0 aliphatic rings. The van der Waals surface area contributed by atoms with Crippen molar-refractivity contribution in [2.45, 2.75) is 27.2 Å². The number of carbonyl (C=O) groups excluding carboxylic acids is 1. The van der Waals surface area contributed by atoms with E-state index in [2.05, 4.69) is 5.32 Å². The van der Waals surface area contributed by atoms with Gasteiger partial charge in [-0.05, 0) is 68.3 Å². The Morgan fingerprint density at radius 1 is 1.07 bits per heavy atom. The minimum Gasteiger partial charge on any atom is -0.494 e. The van der Waals surface area contributed by atoms with Gasteiger partial charge < -0.3 is 10.1 Å². The predicted molar refractivity (Wildman–Crippen MR) is 109 cm³/mol. The summed E-state index contributed by atoms with van der Waals surface area (Å²) in [6, 6.07) is 12.6. The Morgan fingerprint density at radius 2 is 1.67 bits per heavy atom. The van der Waals surface area contributed by atoms with E-state index in [0.717, 1.165) is 23.1 Å². The number of sulfonamides is 1. The first-order valence-electron chi connectivity index (χ1n) is 8.77. The van der Waals surface area contributed by atoms with Gasteiger partial charge >= 0.3 is 0 Å². The average Bonchev–Trinajstić information content (AvgIpc) is 2.55. The third-order valence-corrected chi connectivity index (χ3v) is 5.08. The lowest BCUT2D eigenvalue weighted by atomic mass is 10.1. The summed E-state index contributed by atoms with van der Waals surface area (Å²) < 4.78 is 31.0. The van der Waals surface area contributed by atoms with Gasteiger partial charge in [0.25, 0.3) is 0 Å². The second-order valence-electron chi connectivity index (χ2n) is 6.44. The number of hydrogen-bond donors (Lipinski definition) is 1. The summed E-state index contributed by atoms with van der Waals surface area (Å²) in [6.45, 7) is 6.38. The average molecular weight is 391 g/mol. The molecule has 0 unspecified atom stereocenters. The van der Waals surface area contributed by atoms with E-state index < -0.39 is 10.0 Å². The molecule has 0 heterocycles. The highest BCUT2D eigenvalue weighted by atomic mass is 32.2. The summed E-state index contributed by atoms with van der Waals surface area (Å²) in [7, 11) is -3.50. The third-order valence-electron chi connectivity index (χ3n) is 3.89. The maximum Gasteiger partial charge on any atom is 0.232 e. The van der Waals surface area contributed by atoms with Gasteiger partial charge in [0.15, 0.2) is 0 Å². The molecule has 0 radical (unpaired) electrons. The highest BCUT2D eigenvalue weighted by Gasteiger charge is 2.19. The molecule has 0 bridgehead atoms. The number of amides is 1. The number of aryl methyl sites for hydroxylation is 2. The zero-order valence-corrected chi connectivity index (χ0v) is 17.0. The van der Waals surface area contributed by atoms with Crippen molar-refractivity contribution >= 4 is 27.3 Å². The summed E-state index contributed by atoms with van der Waals surface area (Å²) in [4.78, 5) is 12.3. The standard InChI is InChI=1S/C20H26N2O4S/c1-5-26-19-8-6-17(7-9-19)21-20(23)10-11-22(27(4,24)25)18-13-15(2)12-16(3)14-18/h6-9,12-14H,5,10-11H2,1-4H3,(H,21,23). The van der Waals surface area contributed by atoms with Crippen LogP contribution in [-0.2, 0) is 14.8 Å². The second kappa shape index (κ2) is 8.90. The smallest absolute Gasteiger partial charge is 0.232 e. The van der Waals surface area contributed by atoms with Crippen molar-refractivity contribution in [2.75, 3.05) is 29.0 Å². The summed E-state index contributed by atoms with van der Waals surface area (Å²) in [6.07, 6.45) is 1.20. The fourth-order valence-electron chi connectivity index (χ4n) is 2.81. The number of benzene rings is 2. The molecule has 0 aliphatic heterocycles. The predicted octanol–water partition coefficient (Wildman–Crippen LogP) is 3.50. The number of carbonyl (C=O) groups is 1. The molecule has 1 N–H and O–H groups in total. The van der Waals surface area contributed by atoms with Crippen LogP contribution in [0.3, 0.4) is 0 Å². The van der Waals surface area contributed by atoms with E-state index in [4.69, 9.17) is 4.74 Å². The van der Waals surface area contributed by atoms with Crippen molar-refractivity contribution in [3.05, 3.63) is 53.6 Å². The first-order chi connectivity index (χ1) is 12.7. The topological polar surface area (TPSA) is 75.7 Å². The van der Waals surface area contributed by atoms with E-state index in [1.165, 1.54) is 4.31 Å². The van der Waals surface area contributed by atoms with Crippen LogP contribution in [0.1, 0.15) is 24.5 Å². The highest BCUT2D eigenvalue weighted by Crippen LogP contribution is 2.22. The zero-order valence-electron chi connectivity index (χ0n) is 16.2. The Morgan fingerprint density at radius 3 is 2.19 bits per heavy atom. The Hall–Kier alpha value is -2.54. The summed E-state index contributed by atoms with van der Waals surface area (Å²) in [5, 5.41) is 2.78. The van der Waals surface area contributed by atoms with Crippen LogP contribution < -0.4 is 14.4 Å². The lowest BCUT2D eigenvalue weighted by Gasteiger charge is -2.23. The number of nitrogens with zero attached hydrogens (tertiary/aromatic N) is 1. The molecule has 0 aromatic heterocycles. The normalized spacial score (nSPS) is 11.1. The van der Waals surface area contributed by atoms with Crippen LogP contribution in [0.4, 0.5) is 11.4 Å².